The highest BCUT2D eigenvalue weighted by Crippen LogP contribution is 2.18. The first-order chi connectivity index (χ1) is 6.89. The van der Waals surface area contributed by atoms with Crippen LogP contribution in [0.5, 0.6) is 0 Å². The minimum Gasteiger partial charge on any atom is -0.387 e. The summed E-state index contributed by atoms with van der Waals surface area (Å²) in [5, 5.41) is 15.4. The molecule has 5 heteroatoms. The highest BCUT2D eigenvalue weighted by atomic mass is 16.3. The lowest BCUT2D eigenvalue weighted by Crippen LogP contribution is -2.49. The average Bonchev–Trinajstić information content (AvgIpc) is 2.82. The van der Waals surface area contributed by atoms with Gasteiger partial charge in [0, 0.05) is 19.1 Å². The topological polar surface area (TPSA) is 64.6 Å². The number of hydrogen-bond donors (Lipinski definition) is 3. The second kappa shape index (κ2) is 4.81. The van der Waals surface area contributed by atoms with Crippen LogP contribution in [0.1, 0.15) is 19.8 Å². The zero-order valence-electron chi connectivity index (χ0n) is 9.71. The summed E-state index contributed by atoms with van der Waals surface area (Å²) in [4.78, 5) is 13.2. The quantitative estimate of drug-likeness (QED) is 0.593. The molecule has 1 aliphatic rings. The van der Waals surface area contributed by atoms with Crippen molar-refractivity contribution < 1.29 is 9.90 Å². The number of amides is 2. The summed E-state index contributed by atoms with van der Waals surface area (Å²) in [6.07, 6.45) is 2.14. The Morgan fingerprint density at radius 3 is 2.60 bits per heavy atom. The van der Waals surface area contributed by atoms with Crippen LogP contribution in [0.2, 0.25) is 0 Å². The van der Waals surface area contributed by atoms with Crippen LogP contribution < -0.4 is 10.6 Å². The molecule has 1 unspecified atom stereocenters. The molecule has 1 aliphatic carbocycles. The van der Waals surface area contributed by atoms with Gasteiger partial charge in [-0.05, 0) is 33.9 Å². The van der Waals surface area contributed by atoms with Gasteiger partial charge in [0.2, 0.25) is 0 Å². The average molecular weight is 215 g/mol. The number of hydrogen-bond acceptors (Lipinski definition) is 3. The summed E-state index contributed by atoms with van der Waals surface area (Å²) in [5.74, 6) is 0. The van der Waals surface area contributed by atoms with Gasteiger partial charge < -0.3 is 20.6 Å². The van der Waals surface area contributed by atoms with Gasteiger partial charge in [-0.2, -0.15) is 0 Å². The van der Waals surface area contributed by atoms with E-state index in [4.69, 9.17) is 0 Å². The van der Waals surface area contributed by atoms with Gasteiger partial charge in [-0.1, -0.05) is 0 Å². The number of carbonyl (C=O) groups is 1. The summed E-state index contributed by atoms with van der Waals surface area (Å²) in [6.45, 7) is 2.50. The third-order valence-corrected chi connectivity index (χ3v) is 2.20. The molecule has 5 nitrogen and oxygen atoms in total. The number of nitrogens with one attached hydrogen (secondary N) is 2. The molecule has 1 saturated carbocycles. The van der Waals surface area contributed by atoms with Gasteiger partial charge in [-0.25, -0.2) is 4.79 Å². The van der Waals surface area contributed by atoms with Crippen LogP contribution in [0.3, 0.4) is 0 Å². The minimum absolute atomic E-state index is 0.184. The normalized spacial score (nSPS) is 19.8. The Hall–Kier alpha value is -0.810. The molecular weight excluding hydrogens is 194 g/mol. The first kappa shape index (κ1) is 12.3. The molecule has 15 heavy (non-hydrogen) atoms. The van der Waals surface area contributed by atoms with Crippen LogP contribution in [-0.4, -0.2) is 54.9 Å². The molecule has 2 amide bonds. The van der Waals surface area contributed by atoms with Crippen molar-refractivity contribution in [3.63, 3.8) is 0 Å². The SMILES string of the molecule is CN(C)CC(C)(O)CNC(=O)NC1CC1. The predicted octanol–water partition coefficient (Wildman–Crippen LogP) is -0.239. The van der Waals surface area contributed by atoms with E-state index in [1.54, 1.807) is 6.92 Å². The molecule has 0 aromatic carbocycles. The van der Waals surface area contributed by atoms with Gasteiger partial charge in [0.25, 0.3) is 0 Å². The summed E-state index contributed by atoms with van der Waals surface area (Å²) in [6, 6.07) is 0.167. The fourth-order valence-corrected chi connectivity index (χ4v) is 1.47. The van der Waals surface area contributed by atoms with Crippen molar-refractivity contribution in [2.75, 3.05) is 27.2 Å². The second-order valence-corrected chi connectivity index (χ2v) is 4.84. The van der Waals surface area contributed by atoms with E-state index in [1.807, 2.05) is 19.0 Å². The van der Waals surface area contributed by atoms with Crippen molar-refractivity contribution in [1.29, 1.82) is 0 Å². The summed E-state index contributed by atoms with van der Waals surface area (Å²) < 4.78 is 0. The van der Waals surface area contributed by atoms with E-state index >= 15 is 0 Å². The molecule has 0 bridgehead atoms. The summed E-state index contributed by atoms with van der Waals surface area (Å²) >= 11 is 0. The number of rotatable bonds is 5. The van der Waals surface area contributed by atoms with E-state index in [2.05, 4.69) is 10.6 Å². The van der Waals surface area contributed by atoms with Gasteiger partial charge in [0.1, 0.15) is 0 Å². The van der Waals surface area contributed by atoms with Gasteiger partial charge >= 0.3 is 6.03 Å². The number of likely N-dealkylation sites (N-methyl/N-ethyl adjacent to an activating group) is 1. The van der Waals surface area contributed by atoms with Crippen LogP contribution in [0.4, 0.5) is 4.79 Å². The Morgan fingerprint density at radius 1 is 1.53 bits per heavy atom. The Labute approximate surface area is 90.8 Å². The van der Waals surface area contributed by atoms with Crippen LogP contribution in [0.15, 0.2) is 0 Å². The molecule has 1 fully saturated rings. The predicted molar refractivity (Wildman–Crippen MR) is 58.7 cm³/mol. The minimum atomic E-state index is -0.885. The zero-order valence-corrected chi connectivity index (χ0v) is 9.71. The van der Waals surface area contributed by atoms with E-state index < -0.39 is 5.60 Å². The monoisotopic (exact) mass is 215 g/mol. The molecule has 0 aromatic rings. The Bertz CT molecular complexity index is 225. The van der Waals surface area contributed by atoms with Crippen LogP contribution in [0, 0.1) is 0 Å². The molecule has 3 N–H and O–H groups in total. The fourth-order valence-electron chi connectivity index (χ4n) is 1.47. The van der Waals surface area contributed by atoms with Crippen molar-refractivity contribution in [3.8, 4) is 0 Å². The first-order valence-corrected chi connectivity index (χ1v) is 5.30. The first-order valence-electron chi connectivity index (χ1n) is 5.30. The largest absolute Gasteiger partial charge is 0.387 e. The van der Waals surface area contributed by atoms with Crippen molar-refractivity contribution in [2.45, 2.75) is 31.4 Å². The molecule has 1 rings (SSSR count). The van der Waals surface area contributed by atoms with Crippen LogP contribution >= 0.6 is 0 Å². The third kappa shape index (κ3) is 5.59. The van der Waals surface area contributed by atoms with Crippen molar-refractivity contribution >= 4 is 6.03 Å². The van der Waals surface area contributed by atoms with Crippen molar-refractivity contribution in [1.82, 2.24) is 15.5 Å². The second-order valence-electron chi connectivity index (χ2n) is 4.84. The number of carbonyl (C=O) groups excluding carboxylic acids is 1. The van der Waals surface area contributed by atoms with Crippen molar-refractivity contribution in [2.24, 2.45) is 0 Å². The smallest absolute Gasteiger partial charge is 0.315 e. The lowest BCUT2D eigenvalue weighted by Gasteiger charge is -2.27. The molecule has 1 atom stereocenters. The number of urea groups is 1. The molecule has 0 aliphatic heterocycles. The lowest BCUT2D eigenvalue weighted by molar-refractivity contribution is 0.0360. The number of nitrogens with zero attached hydrogens (tertiary/aromatic N) is 1. The number of aliphatic hydroxyl groups is 1. The summed E-state index contributed by atoms with van der Waals surface area (Å²) in [7, 11) is 3.78. The highest BCUT2D eigenvalue weighted by molar-refractivity contribution is 5.74. The van der Waals surface area contributed by atoms with Gasteiger partial charge in [0.05, 0.1) is 5.60 Å². The molecule has 0 spiro atoms. The van der Waals surface area contributed by atoms with E-state index in [0.29, 0.717) is 12.6 Å². The van der Waals surface area contributed by atoms with Crippen LogP contribution in [-0.2, 0) is 0 Å². The summed E-state index contributed by atoms with van der Waals surface area (Å²) in [5.41, 5.74) is -0.885. The fraction of sp³-hybridized carbons (Fsp3) is 0.900. The maximum atomic E-state index is 11.3. The molecule has 88 valence electrons. The van der Waals surface area contributed by atoms with Crippen molar-refractivity contribution in [3.05, 3.63) is 0 Å². The highest BCUT2D eigenvalue weighted by Gasteiger charge is 2.25. The molecule has 0 saturated heterocycles. The zero-order chi connectivity index (χ0) is 11.5. The Balaban J connectivity index is 2.18. The van der Waals surface area contributed by atoms with Crippen LogP contribution in [0.25, 0.3) is 0 Å². The maximum absolute atomic E-state index is 11.3. The molecule has 0 heterocycles. The molecular formula is C10H21N3O2. The van der Waals surface area contributed by atoms with E-state index in [0.717, 1.165) is 12.8 Å². The molecule has 0 radical (unpaired) electrons. The maximum Gasteiger partial charge on any atom is 0.315 e. The van der Waals surface area contributed by atoms with Gasteiger partial charge in [0.15, 0.2) is 0 Å². The standard InChI is InChI=1S/C10H21N3O2/c1-10(15,7-13(2)3)6-11-9(14)12-8-4-5-8/h8,15H,4-7H2,1-3H3,(H2,11,12,14). The van der Waals surface area contributed by atoms with Gasteiger partial charge in [-0.15, -0.1) is 0 Å². The van der Waals surface area contributed by atoms with Gasteiger partial charge in [-0.3, -0.25) is 0 Å². The van der Waals surface area contributed by atoms with E-state index in [-0.39, 0.29) is 12.6 Å². The lowest BCUT2D eigenvalue weighted by atomic mass is 10.1. The van der Waals surface area contributed by atoms with E-state index in [9.17, 15) is 9.90 Å². The molecule has 0 aromatic heterocycles. The Kier molecular flexibility index (Phi) is 3.93. The van der Waals surface area contributed by atoms with E-state index in [1.165, 1.54) is 0 Å². The Morgan fingerprint density at radius 2 is 2.13 bits per heavy atom. The third-order valence-electron chi connectivity index (χ3n) is 2.20.